The van der Waals surface area contributed by atoms with Gasteiger partial charge in [0.25, 0.3) is 0 Å². The molecule has 0 unspecified atom stereocenters. The summed E-state index contributed by atoms with van der Waals surface area (Å²) in [5, 5.41) is 2.50. The summed E-state index contributed by atoms with van der Waals surface area (Å²) in [6.07, 6.45) is 0. The van der Waals surface area contributed by atoms with Gasteiger partial charge in [-0.3, -0.25) is 0 Å². The van der Waals surface area contributed by atoms with Gasteiger partial charge in [-0.15, -0.1) is 0 Å². The van der Waals surface area contributed by atoms with Crippen LogP contribution < -0.4 is 4.90 Å². The van der Waals surface area contributed by atoms with E-state index in [0.717, 1.165) is 17.1 Å². The van der Waals surface area contributed by atoms with E-state index >= 15 is 0 Å². The van der Waals surface area contributed by atoms with Gasteiger partial charge in [-0.25, -0.2) is 0 Å². The average molecular weight is 752 g/mol. The molecule has 0 heterocycles. The highest BCUT2D eigenvalue weighted by molar-refractivity contribution is 6.04. The summed E-state index contributed by atoms with van der Waals surface area (Å²) in [6.45, 7) is 0. The minimum atomic E-state index is 1.09. The Hall–Kier alpha value is -7.74. The number of rotatable bonds is 9. The fourth-order valence-corrected chi connectivity index (χ4v) is 8.27. The summed E-state index contributed by atoms with van der Waals surface area (Å²) in [5.41, 5.74) is 17.8. The first-order chi connectivity index (χ1) is 29.2. The number of hydrogen-bond donors (Lipinski definition) is 0. The van der Waals surface area contributed by atoms with Crippen molar-refractivity contribution in [1.29, 1.82) is 0 Å². The van der Waals surface area contributed by atoms with Gasteiger partial charge in [0.15, 0.2) is 0 Å². The molecule has 0 aliphatic heterocycles. The largest absolute Gasteiger partial charge is 0.311 e. The zero-order valence-electron chi connectivity index (χ0n) is 32.6. The van der Waals surface area contributed by atoms with Crippen LogP contribution in [-0.4, -0.2) is 0 Å². The van der Waals surface area contributed by atoms with Gasteiger partial charge in [0, 0.05) is 17.1 Å². The van der Waals surface area contributed by atoms with E-state index in [1.807, 2.05) is 0 Å². The summed E-state index contributed by atoms with van der Waals surface area (Å²) in [4.78, 5) is 2.36. The number of hydrogen-bond acceptors (Lipinski definition) is 1. The third kappa shape index (κ3) is 7.34. The molecular weight excluding hydrogens is 711 g/mol. The second-order valence-corrected chi connectivity index (χ2v) is 14.9. The Kier molecular flexibility index (Phi) is 9.68. The van der Waals surface area contributed by atoms with Crippen LogP contribution in [-0.2, 0) is 0 Å². The van der Waals surface area contributed by atoms with Crippen LogP contribution in [0, 0.1) is 0 Å². The topological polar surface area (TPSA) is 3.24 Å². The summed E-state index contributed by atoms with van der Waals surface area (Å²) < 4.78 is 0. The third-order valence-electron chi connectivity index (χ3n) is 11.3. The fourth-order valence-electron chi connectivity index (χ4n) is 8.27. The van der Waals surface area contributed by atoms with E-state index in [4.69, 9.17) is 0 Å². The van der Waals surface area contributed by atoms with Gasteiger partial charge in [0.2, 0.25) is 0 Å². The van der Waals surface area contributed by atoms with Gasteiger partial charge in [0.1, 0.15) is 0 Å². The Balaban J connectivity index is 1.02. The van der Waals surface area contributed by atoms with Crippen molar-refractivity contribution in [2.24, 2.45) is 0 Å². The Morgan fingerprint density at radius 3 is 1.08 bits per heavy atom. The van der Waals surface area contributed by atoms with E-state index in [-0.39, 0.29) is 0 Å². The minimum absolute atomic E-state index is 1.09. The van der Waals surface area contributed by atoms with E-state index < -0.39 is 0 Å². The van der Waals surface area contributed by atoms with Crippen LogP contribution in [0.1, 0.15) is 0 Å². The smallest absolute Gasteiger partial charge is 0.0462 e. The highest BCUT2D eigenvalue weighted by Crippen LogP contribution is 2.41. The molecule has 1 heteroatoms. The third-order valence-corrected chi connectivity index (χ3v) is 11.3. The van der Waals surface area contributed by atoms with Crippen molar-refractivity contribution in [3.8, 4) is 66.8 Å². The van der Waals surface area contributed by atoms with E-state index in [1.54, 1.807) is 0 Å². The van der Waals surface area contributed by atoms with Crippen LogP contribution in [0.5, 0.6) is 0 Å². The summed E-state index contributed by atoms with van der Waals surface area (Å²) in [6, 6.07) is 89.7. The first-order valence-electron chi connectivity index (χ1n) is 20.2. The zero-order chi connectivity index (χ0) is 39.4. The molecule has 0 atom stereocenters. The van der Waals surface area contributed by atoms with Crippen molar-refractivity contribution in [3.63, 3.8) is 0 Å². The lowest BCUT2D eigenvalue weighted by molar-refractivity contribution is 1.28. The molecule has 1 nitrogen and oxygen atoms in total. The van der Waals surface area contributed by atoms with Gasteiger partial charge in [-0.2, -0.15) is 0 Å². The number of anilines is 3. The Morgan fingerprint density at radius 1 is 0.220 bits per heavy atom. The molecule has 0 N–H and O–H groups in total. The molecule has 0 saturated heterocycles. The van der Waals surface area contributed by atoms with Crippen molar-refractivity contribution in [1.82, 2.24) is 0 Å². The predicted octanol–water partition coefficient (Wildman–Crippen LogP) is 16.3. The molecule has 0 amide bonds. The van der Waals surface area contributed by atoms with Gasteiger partial charge < -0.3 is 4.90 Å². The first-order valence-corrected chi connectivity index (χ1v) is 20.2. The second-order valence-electron chi connectivity index (χ2n) is 14.9. The summed E-state index contributed by atoms with van der Waals surface area (Å²) in [5.74, 6) is 0. The lowest BCUT2D eigenvalue weighted by Gasteiger charge is -2.26. The maximum Gasteiger partial charge on any atom is 0.0462 e. The Labute approximate surface area is 346 Å². The molecule has 0 fully saturated rings. The highest BCUT2D eigenvalue weighted by atomic mass is 15.1. The molecule has 0 aliphatic carbocycles. The predicted molar refractivity (Wildman–Crippen MR) is 251 cm³/mol. The van der Waals surface area contributed by atoms with Crippen LogP contribution in [0.2, 0.25) is 0 Å². The monoisotopic (exact) mass is 751 g/mol. The highest BCUT2D eigenvalue weighted by Gasteiger charge is 2.16. The van der Waals surface area contributed by atoms with Gasteiger partial charge in [0.05, 0.1) is 0 Å². The maximum atomic E-state index is 2.36. The molecule has 10 rings (SSSR count). The molecule has 0 aliphatic rings. The SMILES string of the molecule is c1ccc(-c2ccc(-c3ccc(N(c4ccc(-c5cccc(-c6ccccc6)c5)cc4)c4ccc(-c5ccc6ccccc6c5-c5ccccc5)cc4)cc3)cc2)cc1. The van der Waals surface area contributed by atoms with Crippen molar-refractivity contribution < 1.29 is 0 Å². The van der Waals surface area contributed by atoms with Crippen molar-refractivity contribution >= 4 is 27.8 Å². The van der Waals surface area contributed by atoms with Gasteiger partial charge >= 0.3 is 0 Å². The van der Waals surface area contributed by atoms with E-state index in [1.165, 1.54) is 77.5 Å². The summed E-state index contributed by atoms with van der Waals surface area (Å²) in [7, 11) is 0. The Morgan fingerprint density at radius 2 is 0.576 bits per heavy atom. The van der Waals surface area contributed by atoms with Crippen LogP contribution >= 0.6 is 0 Å². The van der Waals surface area contributed by atoms with Crippen molar-refractivity contribution in [3.05, 3.63) is 249 Å². The van der Waals surface area contributed by atoms with Crippen LogP contribution in [0.4, 0.5) is 17.1 Å². The number of nitrogens with zero attached hydrogens (tertiary/aromatic N) is 1. The minimum Gasteiger partial charge on any atom is -0.311 e. The molecule has 10 aromatic rings. The molecule has 10 aromatic carbocycles. The van der Waals surface area contributed by atoms with Crippen LogP contribution in [0.25, 0.3) is 77.5 Å². The van der Waals surface area contributed by atoms with Crippen molar-refractivity contribution in [2.45, 2.75) is 0 Å². The van der Waals surface area contributed by atoms with E-state index in [2.05, 4.69) is 254 Å². The molecule has 0 aromatic heterocycles. The lowest BCUT2D eigenvalue weighted by Crippen LogP contribution is -2.09. The van der Waals surface area contributed by atoms with Gasteiger partial charge in [-0.05, 0) is 120 Å². The fraction of sp³-hybridized carbons (Fsp3) is 0. The molecule has 0 saturated carbocycles. The quantitative estimate of drug-likeness (QED) is 0.142. The lowest BCUT2D eigenvalue weighted by atomic mass is 9.90. The normalized spacial score (nSPS) is 11.1. The zero-order valence-corrected chi connectivity index (χ0v) is 32.6. The molecule has 0 spiro atoms. The second kappa shape index (κ2) is 16.0. The molecule has 59 heavy (non-hydrogen) atoms. The number of fused-ring (bicyclic) bond motifs is 1. The number of benzene rings is 10. The summed E-state index contributed by atoms with van der Waals surface area (Å²) >= 11 is 0. The maximum absolute atomic E-state index is 2.36. The van der Waals surface area contributed by atoms with Crippen LogP contribution in [0.15, 0.2) is 249 Å². The molecule has 0 bridgehead atoms. The standard InChI is InChI=1S/C58H41N/c1-4-13-42(14-5-1)44-23-25-45(26-24-44)46-27-34-53(35-28-46)59(54-36-29-47(30-37-54)52-21-12-20-51(41-52)43-15-6-2-7-16-43)55-38-31-49(32-39-55)57-40-33-48-17-10-11-22-56(48)58(57)50-18-8-3-9-19-50/h1-41H. The average Bonchev–Trinajstić information content (AvgIpc) is 3.33. The van der Waals surface area contributed by atoms with Crippen LogP contribution in [0.3, 0.4) is 0 Å². The van der Waals surface area contributed by atoms with Crippen molar-refractivity contribution in [2.75, 3.05) is 4.90 Å². The van der Waals surface area contributed by atoms with Gasteiger partial charge in [-0.1, -0.05) is 206 Å². The Bertz CT molecular complexity index is 2970. The first kappa shape index (κ1) is 35.7. The molecule has 0 radical (unpaired) electrons. The van der Waals surface area contributed by atoms with E-state index in [9.17, 15) is 0 Å². The molecular formula is C58H41N. The van der Waals surface area contributed by atoms with E-state index in [0.29, 0.717) is 0 Å². The molecule has 278 valence electrons.